The average Bonchev–Trinajstić information content (AvgIpc) is 3.25. The Labute approximate surface area is 174 Å². The maximum absolute atomic E-state index is 4.67. The van der Waals surface area contributed by atoms with Crippen LogP contribution in [0.15, 0.2) is 46.1 Å². The molecule has 5 nitrogen and oxygen atoms in total. The van der Waals surface area contributed by atoms with Gasteiger partial charge in [0.05, 0.1) is 12.7 Å². The van der Waals surface area contributed by atoms with Crippen LogP contribution in [0.25, 0.3) is 0 Å². The maximum Gasteiger partial charge on any atom is 0.191 e. The minimum absolute atomic E-state index is 0. The summed E-state index contributed by atoms with van der Waals surface area (Å²) >= 11 is 3.58. The maximum atomic E-state index is 4.67. The van der Waals surface area contributed by atoms with Gasteiger partial charge in [0.25, 0.3) is 0 Å². The molecule has 2 N–H and O–H groups in total. The average molecular weight is 518 g/mol. The van der Waals surface area contributed by atoms with Crippen molar-refractivity contribution in [3.8, 4) is 0 Å². The molecule has 7 heteroatoms. The zero-order chi connectivity index (χ0) is 17.0. The first-order chi connectivity index (χ1) is 11.6. The Balaban J connectivity index is 0.00000225. The van der Waals surface area contributed by atoms with Crippen molar-refractivity contribution < 1.29 is 0 Å². The van der Waals surface area contributed by atoms with Crippen molar-refractivity contribution in [2.24, 2.45) is 12.0 Å². The van der Waals surface area contributed by atoms with Crippen molar-refractivity contribution in [3.05, 3.63) is 52.3 Å². The van der Waals surface area contributed by atoms with E-state index < -0.39 is 0 Å². The predicted octanol–water partition coefficient (Wildman–Crippen LogP) is 3.59. The Kier molecular flexibility index (Phi) is 7.30. The molecule has 0 atom stereocenters. The van der Waals surface area contributed by atoms with E-state index in [1.165, 1.54) is 18.4 Å². The molecule has 0 aliphatic heterocycles. The second kappa shape index (κ2) is 9.02. The summed E-state index contributed by atoms with van der Waals surface area (Å²) in [6.07, 6.45) is 6.30. The lowest BCUT2D eigenvalue weighted by atomic mass is 9.96. The Bertz CT molecular complexity index is 724. The quantitative estimate of drug-likeness (QED) is 0.350. The van der Waals surface area contributed by atoms with Gasteiger partial charge in [0, 0.05) is 41.8 Å². The monoisotopic (exact) mass is 517 g/mol. The van der Waals surface area contributed by atoms with Crippen LogP contribution in [0.3, 0.4) is 0 Å². The summed E-state index contributed by atoms with van der Waals surface area (Å²) in [6.45, 7) is 4.47. The zero-order valence-corrected chi connectivity index (χ0v) is 18.5. The van der Waals surface area contributed by atoms with Gasteiger partial charge in [-0.15, -0.1) is 24.0 Å². The number of aliphatic imine (C=N–C) groups is 1. The van der Waals surface area contributed by atoms with Crippen LogP contribution in [0.5, 0.6) is 0 Å². The summed E-state index contributed by atoms with van der Waals surface area (Å²) in [5.74, 6) is 0.864. The van der Waals surface area contributed by atoms with Gasteiger partial charge in [-0.3, -0.25) is 4.68 Å². The number of nitrogens with zero attached hydrogens (tertiary/aromatic N) is 3. The van der Waals surface area contributed by atoms with E-state index in [1.54, 1.807) is 4.68 Å². The lowest BCUT2D eigenvalue weighted by Gasteiger charge is -2.19. The van der Waals surface area contributed by atoms with Crippen LogP contribution < -0.4 is 10.6 Å². The molecule has 1 aromatic heterocycles. The van der Waals surface area contributed by atoms with E-state index in [0.29, 0.717) is 6.54 Å². The number of aryl methyl sites for hydroxylation is 1. The normalized spacial score (nSPS) is 15.4. The van der Waals surface area contributed by atoms with E-state index >= 15 is 0 Å². The smallest absolute Gasteiger partial charge is 0.191 e. The van der Waals surface area contributed by atoms with E-state index in [0.717, 1.165) is 29.1 Å². The van der Waals surface area contributed by atoms with Crippen LogP contribution in [0.1, 0.15) is 30.9 Å². The lowest BCUT2D eigenvalue weighted by Crippen LogP contribution is -2.41. The van der Waals surface area contributed by atoms with Gasteiger partial charge in [-0.25, -0.2) is 4.99 Å². The molecule has 0 spiro atoms. The topological polar surface area (TPSA) is 54.2 Å². The van der Waals surface area contributed by atoms with E-state index in [4.69, 9.17) is 0 Å². The summed E-state index contributed by atoms with van der Waals surface area (Å²) in [7, 11) is 1.92. The molecule has 0 saturated heterocycles. The van der Waals surface area contributed by atoms with Crippen molar-refractivity contribution in [1.82, 2.24) is 20.4 Å². The molecule has 0 radical (unpaired) electrons. The molecule has 1 heterocycles. The number of nitrogens with one attached hydrogen (secondary N) is 2. The van der Waals surface area contributed by atoms with Crippen LogP contribution >= 0.6 is 39.9 Å². The Morgan fingerprint density at radius 1 is 1.36 bits per heavy atom. The van der Waals surface area contributed by atoms with Gasteiger partial charge in [-0.05, 0) is 37.5 Å². The van der Waals surface area contributed by atoms with Crippen LogP contribution in [0.2, 0.25) is 0 Å². The first-order valence-corrected chi connectivity index (χ1v) is 9.16. The molecule has 1 aliphatic rings. The summed E-state index contributed by atoms with van der Waals surface area (Å²) in [5.41, 5.74) is 2.75. The second-order valence-corrected chi connectivity index (χ2v) is 7.28. The number of aromatic nitrogens is 2. The molecular weight excluding hydrogens is 493 g/mol. The number of rotatable bonds is 6. The molecule has 1 saturated carbocycles. The molecule has 1 aromatic carbocycles. The first kappa shape index (κ1) is 20.2. The second-order valence-electron chi connectivity index (χ2n) is 6.36. The van der Waals surface area contributed by atoms with E-state index in [9.17, 15) is 0 Å². The standard InChI is InChI=1S/C18H24BrN5.HI/c1-3-20-17(21-10-14-11-23-24(2)12-14)22-13-18(7-8-18)15-5-4-6-16(19)9-15;/h4-6,9,11-12H,3,7-8,10,13H2,1-2H3,(H2,20,21,22);1H. The highest BCUT2D eigenvalue weighted by Gasteiger charge is 2.44. The van der Waals surface area contributed by atoms with Crippen molar-refractivity contribution in [1.29, 1.82) is 0 Å². The third kappa shape index (κ3) is 5.44. The fraction of sp³-hybridized carbons (Fsp3) is 0.444. The number of halogens is 2. The SMILES string of the molecule is CCNC(=NCc1cnn(C)c1)NCC1(c2cccc(Br)c2)CC1.I. The van der Waals surface area contributed by atoms with Crippen LogP contribution in [-0.2, 0) is 19.0 Å². The third-order valence-electron chi connectivity index (χ3n) is 4.41. The molecule has 0 unspecified atom stereocenters. The summed E-state index contributed by atoms with van der Waals surface area (Å²) in [4.78, 5) is 4.67. The molecule has 2 aromatic rings. The van der Waals surface area contributed by atoms with E-state index in [2.05, 4.69) is 67.8 Å². The molecule has 1 aliphatic carbocycles. The van der Waals surface area contributed by atoms with Crippen molar-refractivity contribution in [3.63, 3.8) is 0 Å². The van der Waals surface area contributed by atoms with Gasteiger partial charge >= 0.3 is 0 Å². The molecule has 0 amide bonds. The summed E-state index contributed by atoms with van der Waals surface area (Å²) in [6, 6.07) is 8.64. The molecule has 136 valence electrons. The molecular formula is C18H25BrIN5. The van der Waals surface area contributed by atoms with Crippen LogP contribution in [-0.4, -0.2) is 28.8 Å². The number of benzene rings is 1. The van der Waals surface area contributed by atoms with Gasteiger partial charge in [0.15, 0.2) is 5.96 Å². The lowest BCUT2D eigenvalue weighted by molar-refractivity contribution is 0.645. The van der Waals surface area contributed by atoms with Gasteiger partial charge in [-0.1, -0.05) is 28.1 Å². The molecule has 1 fully saturated rings. The highest BCUT2D eigenvalue weighted by Crippen LogP contribution is 2.48. The fourth-order valence-corrected chi connectivity index (χ4v) is 3.25. The summed E-state index contributed by atoms with van der Waals surface area (Å²) in [5, 5.41) is 11.0. The molecule has 0 bridgehead atoms. The zero-order valence-electron chi connectivity index (χ0n) is 14.6. The minimum Gasteiger partial charge on any atom is -0.357 e. The van der Waals surface area contributed by atoms with Crippen molar-refractivity contribution >= 4 is 45.9 Å². The highest BCUT2D eigenvalue weighted by molar-refractivity contribution is 14.0. The Morgan fingerprint density at radius 3 is 2.76 bits per heavy atom. The van der Waals surface area contributed by atoms with Crippen LogP contribution in [0.4, 0.5) is 0 Å². The van der Waals surface area contributed by atoms with Crippen LogP contribution in [0, 0.1) is 0 Å². The van der Waals surface area contributed by atoms with Gasteiger partial charge in [0.2, 0.25) is 0 Å². The largest absolute Gasteiger partial charge is 0.357 e. The molecule has 25 heavy (non-hydrogen) atoms. The minimum atomic E-state index is 0. The Morgan fingerprint density at radius 2 is 2.16 bits per heavy atom. The van der Waals surface area contributed by atoms with Gasteiger partial charge < -0.3 is 10.6 Å². The fourth-order valence-electron chi connectivity index (χ4n) is 2.86. The van der Waals surface area contributed by atoms with Gasteiger partial charge in [0.1, 0.15) is 0 Å². The molecule has 3 rings (SSSR count). The van der Waals surface area contributed by atoms with Gasteiger partial charge in [-0.2, -0.15) is 5.10 Å². The first-order valence-electron chi connectivity index (χ1n) is 8.37. The Hall–Kier alpha value is -1.09. The van der Waals surface area contributed by atoms with Crippen molar-refractivity contribution in [2.75, 3.05) is 13.1 Å². The third-order valence-corrected chi connectivity index (χ3v) is 4.90. The van der Waals surface area contributed by atoms with E-state index in [1.807, 2.05) is 19.4 Å². The van der Waals surface area contributed by atoms with Crippen molar-refractivity contribution in [2.45, 2.75) is 31.7 Å². The number of hydrogen-bond donors (Lipinski definition) is 2. The predicted molar refractivity (Wildman–Crippen MR) is 116 cm³/mol. The number of hydrogen-bond acceptors (Lipinski definition) is 2. The highest BCUT2D eigenvalue weighted by atomic mass is 127. The number of guanidine groups is 1. The summed E-state index contributed by atoms with van der Waals surface area (Å²) < 4.78 is 2.95. The van der Waals surface area contributed by atoms with E-state index in [-0.39, 0.29) is 29.4 Å².